The number of methoxy groups -OCH3 is 1. The first-order chi connectivity index (χ1) is 18.3. The van der Waals surface area contributed by atoms with Gasteiger partial charge in [-0.1, -0.05) is 41.4 Å². The van der Waals surface area contributed by atoms with Crippen molar-refractivity contribution in [3.8, 4) is 11.5 Å². The minimum atomic E-state index is -0.344. The lowest BCUT2D eigenvalue weighted by Gasteiger charge is -2.42. The van der Waals surface area contributed by atoms with Gasteiger partial charge in [-0.15, -0.1) is 0 Å². The van der Waals surface area contributed by atoms with Gasteiger partial charge in [-0.25, -0.2) is 0 Å². The lowest BCUT2D eigenvalue weighted by molar-refractivity contribution is 0.0594. The van der Waals surface area contributed by atoms with Crippen molar-refractivity contribution in [2.75, 3.05) is 36.1 Å². The molecule has 2 aliphatic rings. The van der Waals surface area contributed by atoms with Crippen molar-refractivity contribution in [2.45, 2.75) is 18.4 Å². The summed E-state index contributed by atoms with van der Waals surface area (Å²) in [6, 6.07) is 19.0. The summed E-state index contributed by atoms with van der Waals surface area (Å²) in [7, 11) is 1.65. The molecule has 0 unspecified atom stereocenters. The van der Waals surface area contributed by atoms with Gasteiger partial charge < -0.3 is 30.3 Å². The Morgan fingerprint density at radius 1 is 0.921 bits per heavy atom. The van der Waals surface area contributed by atoms with Crippen molar-refractivity contribution in [1.82, 2.24) is 4.90 Å². The van der Waals surface area contributed by atoms with Crippen molar-refractivity contribution in [2.24, 2.45) is 0 Å². The van der Waals surface area contributed by atoms with Gasteiger partial charge in [-0.3, -0.25) is 0 Å². The molecule has 10 heteroatoms. The van der Waals surface area contributed by atoms with Crippen LogP contribution < -0.4 is 25.4 Å². The lowest BCUT2D eigenvalue weighted by atomic mass is 9.88. The summed E-state index contributed by atoms with van der Waals surface area (Å²) in [5.41, 5.74) is 3.12. The van der Waals surface area contributed by atoms with Crippen LogP contribution in [0.25, 0.3) is 6.08 Å². The maximum Gasteiger partial charge on any atom is 0.175 e. The highest BCUT2D eigenvalue weighted by atomic mass is 35.5. The fraction of sp³-hybridized carbons (Fsp3) is 0.214. The fourth-order valence-corrected chi connectivity index (χ4v) is 5.34. The van der Waals surface area contributed by atoms with Crippen molar-refractivity contribution in [3.05, 3.63) is 82.3 Å². The summed E-state index contributed by atoms with van der Waals surface area (Å²) in [5.74, 6) is 1.61. The molecule has 0 saturated carbocycles. The number of thiocarbonyl (C=S) groups is 2. The number of nitrogens with zero attached hydrogens (tertiary/aromatic N) is 1. The maximum absolute atomic E-state index is 6.52. The van der Waals surface area contributed by atoms with Gasteiger partial charge in [-0.05, 0) is 79.0 Å². The molecule has 196 valence electrons. The number of fused-ring (bicyclic) bond motifs is 1. The Labute approximate surface area is 242 Å². The second-order valence-electron chi connectivity index (χ2n) is 9.08. The molecule has 1 fully saturated rings. The first kappa shape index (κ1) is 26.6. The van der Waals surface area contributed by atoms with E-state index in [0.29, 0.717) is 20.3 Å². The van der Waals surface area contributed by atoms with E-state index in [1.165, 1.54) is 0 Å². The van der Waals surface area contributed by atoms with Crippen LogP contribution in [0, 0.1) is 0 Å². The van der Waals surface area contributed by atoms with E-state index in [1.807, 2.05) is 48.5 Å². The Morgan fingerprint density at radius 3 is 2.37 bits per heavy atom. The first-order valence-corrected chi connectivity index (χ1v) is 13.7. The molecule has 3 aromatic rings. The monoisotopic (exact) mass is 584 g/mol. The molecule has 0 aliphatic carbocycles. The summed E-state index contributed by atoms with van der Waals surface area (Å²) in [6.45, 7) is 1.57. The van der Waals surface area contributed by atoms with E-state index in [2.05, 4.69) is 33.0 Å². The Hall–Kier alpha value is -3.04. The van der Waals surface area contributed by atoms with E-state index in [0.717, 1.165) is 60.1 Å². The zero-order chi connectivity index (χ0) is 26.7. The Morgan fingerprint density at radius 2 is 1.63 bits per heavy atom. The van der Waals surface area contributed by atoms with Crippen LogP contribution in [0.2, 0.25) is 10.0 Å². The number of likely N-dealkylation sites (tertiary alicyclic amines) is 1. The molecule has 5 rings (SSSR count). The second-order valence-corrected chi connectivity index (χ2v) is 10.7. The van der Waals surface area contributed by atoms with Crippen LogP contribution in [0.4, 0.5) is 17.1 Å². The predicted molar refractivity (Wildman–Crippen MR) is 165 cm³/mol. The number of hydrogen-bond acceptors (Lipinski definition) is 4. The number of rotatable bonds is 4. The highest BCUT2D eigenvalue weighted by Crippen LogP contribution is 2.38. The molecule has 0 aromatic heterocycles. The normalized spacial score (nSPS) is 15.3. The Kier molecular flexibility index (Phi) is 7.95. The summed E-state index contributed by atoms with van der Waals surface area (Å²) in [6.07, 6.45) is 5.95. The van der Waals surface area contributed by atoms with Gasteiger partial charge in [-0.2, -0.15) is 0 Å². The second kappa shape index (κ2) is 11.4. The highest BCUT2D eigenvalue weighted by Gasteiger charge is 2.37. The summed E-state index contributed by atoms with van der Waals surface area (Å²) in [4.78, 5) is 2.18. The minimum Gasteiger partial charge on any atom is -0.495 e. The third-order valence-electron chi connectivity index (χ3n) is 6.57. The molecule has 3 N–H and O–H groups in total. The molecule has 0 atom stereocenters. The van der Waals surface area contributed by atoms with Gasteiger partial charge in [0.05, 0.1) is 22.8 Å². The number of ether oxygens (including phenoxy) is 2. The SMILES string of the molecule is COc1ccccc1NC(=S)N1CCC2(C=Cc3cc(NC(=S)Nc4ccc(Cl)c(Cl)c4)ccc3O2)CC1. The van der Waals surface area contributed by atoms with Gasteiger partial charge in [0, 0.05) is 42.9 Å². The zero-order valence-electron chi connectivity index (χ0n) is 20.6. The van der Waals surface area contributed by atoms with E-state index in [-0.39, 0.29) is 5.60 Å². The van der Waals surface area contributed by atoms with Gasteiger partial charge in [0.15, 0.2) is 10.2 Å². The standard InChI is InChI=1S/C28H26Cl2N4O2S2/c1-35-25-5-3-2-4-23(25)33-27(38)34-14-12-28(13-15-34)11-10-18-16-19(7-9-24(18)36-28)31-26(37)32-20-6-8-21(29)22(30)17-20/h2-11,16-17H,12-15H2,1H3,(H,33,38)(H2,31,32,37). The van der Waals surface area contributed by atoms with Crippen LogP contribution in [-0.4, -0.2) is 40.9 Å². The van der Waals surface area contributed by atoms with Crippen LogP contribution in [0.15, 0.2) is 66.7 Å². The Balaban J connectivity index is 1.17. The number of para-hydroxylation sites is 2. The smallest absolute Gasteiger partial charge is 0.175 e. The Bertz CT molecular complexity index is 1410. The van der Waals surface area contributed by atoms with Gasteiger partial charge in [0.25, 0.3) is 0 Å². The number of nitrogens with one attached hydrogen (secondary N) is 3. The molecule has 3 aromatic carbocycles. The fourth-order valence-electron chi connectivity index (χ4n) is 4.51. The minimum absolute atomic E-state index is 0.344. The van der Waals surface area contributed by atoms with E-state index < -0.39 is 0 Å². The third kappa shape index (κ3) is 5.99. The first-order valence-electron chi connectivity index (χ1n) is 12.1. The quantitative estimate of drug-likeness (QED) is 0.273. The maximum atomic E-state index is 6.52. The van der Waals surface area contributed by atoms with Crippen molar-refractivity contribution in [3.63, 3.8) is 0 Å². The van der Waals surface area contributed by atoms with Gasteiger partial charge in [0.2, 0.25) is 0 Å². The molecule has 0 amide bonds. The molecular weight excluding hydrogens is 559 g/mol. The average Bonchev–Trinajstić information content (AvgIpc) is 2.91. The summed E-state index contributed by atoms with van der Waals surface area (Å²) >= 11 is 23.2. The van der Waals surface area contributed by atoms with Crippen LogP contribution in [0.1, 0.15) is 18.4 Å². The lowest BCUT2D eigenvalue weighted by Crippen LogP contribution is -2.50. The number of benzene rings is 3. The molecule has 0 radical (unpaired) electrons. The number of piperidine rings is 1. The number of halogens is 2. The molecule has 38 heavy (non-hydrogen) atoms. The third-order valence-corrected chi connectivity index (χ3v) is 7.87. The predicted octanol–water partition coefficient (Wildman–Crippen LogP) is 7.45. The molecule has 0 bridgehead atoms. The summed E-state index contributed by atoms with van der Waals surface area (Å²) < 4.78 is 11.9. The van der Waals surface area contributed by atoms with Crippen molar-refractivity contribution >= 4 is 81.0 Å². The van der Waals surface area contributed by atoms with E-state index in [4.69, 9.17) is 57.1 Å². The van der Waals surface area contributed by atoms with Crippen molar-refractivity contribution in [1.29, 1.82) is 0 Å². The topological polar surface area (TPSA) is 57.8 Å². The van der Waals surface area contributed by atoms with Crippen LogP contribution in [0.5, 0.6) is 11.5 Å². The molecular formula is C28H26Cl2N4O2S2. The van der Waals surface area contributed by atoms with E-state index in [9.17, 15) is 0 Å². The number of anilines is 3. The highest BCUT2D eigenvalue weighted by molar-refractivity contribution is 7.80. The van der Waals surface area contributed by atoms with E-state index >= 15 is 0 Å². The molecule has 2 aliphatic heterocycles. The van der Waals surface area contributed by atoms with Gasteiger partial charge >= 0.3 is 0 Å². The van der Waals surface area contributed by atoms with Crippen molar-refractivity contribution < 1.29 is 9.47 Å². The largest absolute Gasteiger partial charge is 0.495 e. The molecule has 2 heterocycles. The number of hydrogen-bond donors (Lipinski definition) is 3. The van der Waals surface area contributed by atoms with Crippen LogP contribution >= 0.6 is 47.6 Å². The average molecular weight is 586 g/mol. The van der Waals surface area contributed by atoms with Gasteiger partial charge in [0.1, 0.15) is 17.1 Å². The van der Waals surface area contributed by atoms with Crippen LogP contribution in [0.3, 0.4) is 0 Å². The molecule has 1 spiro atoms. The zero-order valence-corrected chi connectivity index (χ0v) is 23.7. The van der Waals surface area contributed by atoms with E-state index in [1.54, 1.807) is 19.2 Å². The molecule has 1 saturated heterocycles. The van der Waals surface area contributed by atoms with Crippen LogP contribution in [-0.2, 0) is 0 Å². The molecule has 6 nitrogen and oxygen atoms in total. The summed E-state index contributed by atoms with van der Waals surface area (Å²) in [5, 5.41) is 11.7.